The van der Waals surface area contributed by atoms with Crippen molar-refractivity contribution in [1.82, 2.24) is 0 Å². The summed E-state index contributed by atoms with van der Waals surface area (Å²) in [4.78, 5) is 5.27. The largest absolute Gasteiger partial charge is 0.459 e. The van der Waals surface area contributed by atoms with Crippen LogP contribution in [0.25, 0.3) is 89.0 Å². The third-order valence-corrected chi connectivity index (χ3v) is 24.4. The van der Waals surface area contributed by atoms with Gasteiger partial charge in [0.2, 0.25) is 0 Å². The minimum atomic E-state index is -0.504. The first-order valence-corrected chi connectivity index (χ1v) is 39.9. The molecule has 115 heavy (non-hydrogen) atoms. The zero-order valence-corrected chi connectivity index (χ0v) is 63.6. The molecular weight excluding hydrogens is 1400 g/mol. The van der Waals surface area contributed by atoms with Gasteiger partial charge in [-0.3, -0.25) is 0 Å². The van der Waals surface area contributed by atoms with Crippen molar-refractivity contribution < 1.29 is 18.9 Å². The average Bonchev–Trinajstić information content (AvgIpc) is 0.669. The molecule has 0 aliphatic carbocycles. The molecule has 0 atom stereocenters. The molecule has 6 heterocycles. The van der Waals surface area contributed by atoms with Gasteiger partial charge in [0.15, 0.2) is 0 Å². The summed E-state index contributed by atoms with van der Waals surface area (Å²) in [6, 6.07) is 138. The van der Waals surface area contributed by atoms with E-state index in [0.29, 0.717) is 17.2 Å². The van der Waals surface area contributed by atoms with E-state index in [9.17, 15) is 0 Å². The van der Waals surface area contributed by atoms with Crippen LogP contribution < -0.4 is 77.9 Å². The van der Waals surface area contributed by atoms with Gasteiger partial charge >= 0.3 is 0 Å². The van der Waals surface area contributed by atoms with Gasteiger partial charge < -0.3 is 28.7 Å². The van der Waals surface area contributed by atoms with Crippen LogP contribution in [0.2, 0.25) is 0 Å². The Hall–Kier alpha value is -14.3. The van der Waals surface area contributed by atoms with Crippen molar-refractivity contribution in [3.63, 3.8) is 0 Å². The molecule has 0 saturated carbocycles. The Morgan fingerprint density at radius 3 is 0.991 bits per heavy atom. The Labute approximate surface area is 670 Å². The van der Waals surface area contributed by atoms with Crippen molar-refractivity contribution in [2.45, 2.75) is 26.2 Å². The van der Waals surface area contributed by atoms with Gasteiger partial charge in [-0.05, 0) is 147 Å². The van der Waals surface area contributed by atoms with E-state index in [1.54, 1.807) is 0 Å². The van der Waals surface area contributed by atoms with Gasteiger partial charge in [-0.15, -0.1) is 0 Å². The fourth-order valence-electron chi connectivity index (χ4n) is 19.2. The third kappa shape index (κ3) is 10.6. The van der Waals surface area contributed by atoms with Gasteiger partial charge in [-0.25, -0.2) is 0 Å². The van der Waals surface area contributed by atoms with E-state index in [1.165, 1.54) is 5.56 Å². The fraction of sp³-hybridized carbons (Fsp3) is 0.0377. The highest BCUT2D eigenvalue weighted by Crippen LogP contribution is 2.56. The van der Waals surface area contributed by atoms with Crippen molar-refractivity contribution in [2.75, 3.05) is 9.80 Å². The molecule has 17 aromatic carbocycles. The second-order valence-electron chi connectivity index (χ2n) is 32.0. The van der Waals surface area contributed by atoms with Crippen molar-refractivity contribution in [3.05, 3.63) is 382 Å². The maximum absolute atomic E-state index is 8.42. The van der Waals surface area contributed by atoms with Crippen molar-refractivity contribution >= 4 is 103 Å². The first-order valence-electron chi connectivity index (χ1n) is 39.9. The lowest BCUT2D eigenvalue weighted by Gasteiger charge is -2.48. The van der Waals surface area contributed by atoms with E-state index in [1.807, 2.05) is 0 Å². The predicted octanol–water partition coefficient (Wildman–Crippen LogP) is 21.9. The number of para-hydroxylation sites is 2. The number of nitrogens with zero attached hydrogens (tertiary/aromatic N) is 2. The summed E-state index contributed by atoms with van der Waals surface area (Å²) < 4.78 is 31.7. The fourth-order valence-corrected chi connectivity index (χ4v) is 19.2. The summed E-state index contributed by atoms with van der Waals surface area (Å²) in [6.45, 7) is 5.80. The smallest absolute Gasteiger partial charge is 0.265 e. The monoisotopic (exact) mass is 1470 g/mol. The molecule has 0 spiro atoms. The second kappa shape index (κ2) is 26.2. The number of fused-ring (bicyclic) bond motifs is 14. The summed E-state index contributed by atoms with van der Waals surface area (Å²) in [5.41, 5.74) is 33.8. The van der Waals surface area contributed by atoms with Gasteiger partial charge in [0.1, 0.15) is 46.0 Å². The van der Waals surface area contributed by atoms with Crippen molar-refractivity contribution in [1.29, 1.82) is 0 Å². The summed E-state index contributed by atoms with van der Waals surface area (Å²) in [5, 5.41) is 0. The number of hydrogen-bond acceptors (Lipinski definition) is 6. The summed E-state index contributed by atoms with van der Waals surface area (Å²) in [6.07, 6.45) is 0. The first kappa shape index (κ1) is 66.5. The van der Waals surface area contributed by atoms with Crippen LogP contribution in [0.4, 0.5) is 34.1 Å². The van der Waals surface area contributed by atoms with Crippen LogP contribution in [0.3, 0.4) is 0 Å². The summed E-state index contributed by atoms with van der Waals surface area (Å²) in [5.74, 6) is 5.79. The molecule has 6 aliphatic heterocycles. The Balaban J connectivity index is 0.859. The molecule has 0 amide bonds. The molecule has 17 aromatic rings. The van der Waals surface area contributed by atoms with Crippen LogP contribution in [0, 0.1) is 0 Å². The minimum Gasteiger partial charge on any atom is -0.459 e. The number of hydrogen-bond donors (Lipinski definition) is 0. The highest BCUT2D eigenvalue weighted by atomic mass is 16.5. The van der Waals surface area contributed by atoms with Gasteiger partial charge in [-0.2, -0.15) is 0 Å². The first-order chi connectivity index (χ1) is 56.7. The van der Waals surface area contributed by atoms with Gasteiger partial charge in [0, 0.05) is 73.5 Å². The van der Waals surface area contributed by atoms with Crippen molar-refractivity contribution in [3.8, 4) is 135 Å². The second-order valence-corrected chi connectivity index (χ2v) is 32.0. The number of rotatable bonds is 10. The lowest BCUT2D eigenvalue weighted by Crippen LogP contribution is -2.66. The molecule has 0 bridgehead atoms. The molecule has 6 aliphatic rings. The van der Waals surface area contributed by atoms with Crippen LogP contribution >= 0.6 is 0 Å². The highest BCUT2D eigenvalue weighted by Gasteiger charge is 2.54. The molecule has 538 valence electrons. The summed E-state index contributed by atoms with van der Waals surface area (Å²) >= 11 is 0. The van der Waals surface area contributed by atoms with Gasteiger partial charge in [0.05, 0.1) is 11.4 Å². The van der Waals surface area contributed by atoms with Gasteiger partial charge in [-0.1, -0.05) is 348 Å². The predicted molar refractivity (Wildman–Crippen MR) is 478 cm³/mol. The molecule has 0 radical (unpaired) electrons. The van der Waals surface area contributed by atoms with Crippen LogP contribution in [0.15, 0.2) is 376 Å². The maximum atomic E-state index is 8.42. The summed E-state index contributed by atoms with van der Waals surface area (Å²) in [7, 11) is 0. The lowest BCUT2D eigenvalue weighted by molar-refractivity contribution is 0.444. The van der Waals surface area contributed by atoms with Crippen LogP contribution in [0.5, 0.6) is 46.0 Å². The molecule has 0 fully saturated rings. The standard InChI is InChI=1S/C106H71B3N2O4/c1-106(2,3)78-62-88-97-89(63-78)111(103-81(72-42-24-10-25-43-72)48-29-49-82(103)73-44-26-11-27-45-73)90-64-94-100-104(98(90)108(97)83-54-50-76(68-34-16-6-17-35-68)60-87(83)110(88)102-79(70-38-20-8-21-39-70)46-28-47-80(102)71-40-22-9-23-41-71)115-96-65-95-99-105(101(96)109(100)84-55-51-77(61-93(84)113-94)69-36-18-7-19-37-69)114-92-57-53-75(67-32-14-5-15-33-67)59-86(92)107(99)85-58-74(52-56-91(85)112-95)66-30-12-4-13-31-66/h4-65H,1-3H3. The van der Waals surface area contributed by atoms with E-state index in [2.05, 4.69) is 407 Å². The Bertz CT molecular complexity index is 6660. The minimum absolute atomic E-state index is 0.304. The maximum Gasteiger partial charge on any atom is 0.265 e. The van der Waals surface area contributed by atoms with Gasteiger partial charge in [0.25, 0.3) is 20.1 Å². The topological polar surface area (TPSA) is 43.4 Å². The zero-order chi connectivity index (χ0) is 76.1. The molecule has 0 N–H and O–H groups in total. The van der Waals surface area contributed by atoms with E-state index < -0.39 is 13.4 Å². The zero-order valence-electron chi connectivity index (χ0n) is 63.6. The molecule has 0 saturated heterocycles. The molecular formula is C106H71B3N2O4. The normalized spacial score (nSPS) is 13.2. The van der Waals surface area contributed by atoms with E-state index in [-0.39, 0.29) is 12.1 Å². The van der Waals surface area contributed by atoms with Crippen molar-refractivity contribution in [2.24, 2.45) is 0 Å². The molecule has 23 rings (SSSR count). The molecule has 9 heteroatoms. The van der Waals surface area contributed by atoms with Crippen LogP contribution in [-0.2, 0) is 5.41 Å². The lowest BCUT2D eigenvalue weighted by atomic mass is 9.29. The molecule has 0 aromatic heterocycles. The van der Waals surface area contributed by atoms with E-state index >= 15 is 0 Å². The third-order valence-electron chi connectivity index (χ3n) is 24.4. The SMILES string of the molecule is CC(C)(C)c1cc2c3c(c1)N(c1c(-c4ccccc4)cccc1-c1ccccc1)c1cc4c5c(c1B3c1ccc(-c3ccccc3)cc1N2c1c(-c2ccccc2)cccc1-c1ccccc1)Oc1cc2c3c(c1B5c1ccc(-c5ccccc5)cc1O4)Oc1ccc(-c4ccccc4)cc1B3c1cc(-c3ccccc3)ccc1O2. The Kier molecular flexibility index (Phi) is 15.1. The Morgan fingerprint density at radius 1 is 0.209 bits per heavy atom. The van der Waals surface area contributed by atoms with Crippen LogP contribution in [0.1, 0.15) is 26.3 Å². The quantitative estimate of drug-likeness (QED) is 0.127. The number of ether oxygens (including phenoxy) is 4. The van der Waals surface area contributed by atoms with E-state index in [4.69, 9.17) is 18.9 Å². The Morgan fingerprint density at radius 2 is 0.539 bits per heavy atom. The highest BCUT2D eigenvalue weighted by molar-refractivity contribution is 7.04. The van der Waals surface area contributed by atoms with Crippen LogP contribution in [-0.4, -0.2) is 20.1 Å². The van der Waals surface area contributed by atoms with E-state index in [0.717, 1.165) is 201 Å². The molecule has 0 unspecified atom stereocenters. The molecule has 6 nitrogen and oxygen atoms in total. The average molecular weight is 1470 g/mol. The number of anilines is 6. The number of benzene rings is 17.